The molecule has 1 aromatic heterocycles. The number of hydrogen-bond acceptors (Lipinski definition) is 4. The first-order valence-electron chi connectivity index (χ1n) is 5.36. The fraction of sp³-hybridized carbons (Fsp3) is 0.636. The zero-order chi connectivity index (χ0) is 12.1. The molecule has 0 aliphatic carbocycles. The predicted octanol–water partition coefficient (Wildman–Crippen LogP) is 1.56. The molecule has 1 unspecified atom stereocenters. The van der Waals surface area contributed by atoms with Crippen LogP contribution in [-0.2, 0) is 17.6 Å². The third-order valence-corrected chi connectivity index (χ3v) is 3.16. The molecule has 0 fully saturated rings. The Kier molecular flexibility index (Phi) is 4.89. The van der Waals surface area contributed by atoms with E-state index in [0.29, 0.717) is 12.3 Å². The molecule has 1 aromatic rings. The van der Waals surface area contributed by atoms with E-state index in [9.17, 15) is 4.79 Å². The van der Waals surface area contributed by atoms with Gasteiger partial charge >= 0.3 is 5.97 Å². The van der Waals surface area contributed by atoms with Crippen LogP contribution >= 0.6 is 11.3 Å². The van der Waals surface area contributed by atoms with Crippen LogP contribution in [0.25, 0.3) is 0 Å². The maximum absolute atomic E-state index is 10.8. The van der Waals surface area contributed by atoms with Crippen LogP contribution in [0.1, 0.15) is 24.5 Å². The van der Waals surface area contributed by atoms with Crippen molar-refractivity contribution in [3.8, 4) is 0 Å². The van der Waals surface area contributed by atoms with E-state index in [1.54, 1.807) is 7.05 Å². The van der Waals surface area contributed by atoms with Crippen molar-refractivity contribution >= 4 is 17.3 Å². The van der Waals surface area contributed by atoms with Gasteiger partial charge in [0.1, 0.15) is 6.04 Å². The molecule has 1 heterocycles. The predicted molar refractivity (Wildman–Crippen MR) is 64.8 cm³/mol. The van der Waals surface area contributed by atoms with E-state index < -0.39 is 12.0 Å². The molecule has 0 aromatic carbocycles. The van der Waals surface area contributed by atoms with Crippen LogP contribution in [0.5, 0.6) is 0 Å². The maximum atomic E-state index is 10.8. The smallest absolute Gasteiger partial charge is 0.321 e. The highest BCUT2D eigenvalue weighted by atomic mass is 32.1. The molecule has 5 heteroatoms. The molecule has 0 radical (unpaired) electrons. The van der Waals surface area contributed by atoms with E-state index in [1.807, 2.05) is 5.38 Å². The Bertz CT molecular complexity index is 350. The van der Waals surface area contributed by atoms with Gasteiger partial charge in [-0.2, -0.15) is 0 Å². The third-order valence-electron chi connectivity index (χ3n) is 2.24. The summed E-state index contributed by atoms with van der Waals surface area (Å²) in [5.41, 5.74) is 1.07. The van der Waals surface area contributed by atoms with Gasteiger partial charge in [-0.15, -0.1) is 11.3 Å². The monoisotopic (exact) mass is 242 g/mol. The van der Waals surface area contributed by atoms with Gasteiger partial charge in [-0.1, -0.05) is 13.8 Å². The summed E-state index contributed by atoms with van der Waals surface area (Å²) in [5.74, 6) is -0.252. The van der Waals surface area contributed by atoms with Crippen molar-refractivity contribution in [3.63, 3.8) is 0 Å². The topological polar surface area (TPSA) is 62.2 Å². The lowest BCUT2D eigenvalue weighted by Gasteiger charge is -2.08. The van der Waals surface area contributed by atoms with E-state index in [-0.39, 0.29) is 0 Å². The lowest BCUT2D eigenvalue weighted by Crippen LogP contribution is -2.35. The molecule has 0 saturated heterocycles. The number of thiazole rings is 1. The van der Waals surface area contributed by atoms with Crippen molar-refractivity contribution in [3.05, 3.63) is 16.1 Å². The lowest BCUT2D eigenvalue weighted by atomic mass is 10.1. The zero-order valence-corrected chi connectivity index (χ0v) is 10.7. The average molecular weight is 242 g/mol. The first kappa shape index (κ1) is 13.1. The van der Waals surface area contributed by atoms with Gasteiger partial charge in [0.05, 0.1) is 10.7 Å². The maximum Gasteiger partial charge on any atom is 0.321 e. The third kappa shape index (κ3) is 3.90. The molecule has 0 spiro atoms. The van der Waals surface area contributed by atoms with Crippen molar-refractivity contribution in [2.75, 3.05) is 7.05 Å². The molecule has 1 atom stereocenters. The van der Waals surface area contributed by atoms with Gasteiger partial charge < -0.3 is 10.4 Å². The summed E-state index contributed by atoms with van der Waals surface area (Å²) >= 11 is 1.54. The van der Waals surface area contributed by atoms with Crippen LogP contribution in [0, 0.1) is 5.92 Å². The van der Waals surface area contributed by atoms with E-state index in [2.05, 4.69) is 24.1 Å². The molecule has 4 nitrogen and oxygen atoms in total. The molecule has 90 valence electrons. The average Bonchev–Trinajstić information content (AvgIpc) is 2.60. The molecule has 0 amide bonds. The molecule has 1 rings (SSSR count). The summed E-state index contributed by atoms with van der Waals surface area (Å²) in [4.78, 5) is 15.3. The fourth-order valence-corrected chi connectivity index (χ4v) is 2.30. The quantitative estimate of drug-likeness (QED) is 0.794. The van der Waals surface area contributed by atoms with E-state index >= 15 is 0 Å². The Hall–Kier alpha value is -0.940. The van der Waals surface area contributed by atoms with Gasteiger partial charge in [0.2, 0.25) is 0 Å². The summed E-state index contributed by atoms with van der Waals surface area (Å²) in [5, 5.41) is 14.6. The number of carboxylic acid groups (broad SMARTS) is 1. The number of aromatic nitrogens is 1. The number of carboxylic acids is 1. The highest BCUT2D eigenvalue weighted by molar-refractivity contribution is 7.09. The van der Waals surface area contributed by atoms with E-state index in [0.717, 1.165) is 17.1 Å². The first-order valence-corrected chi connectivity index (χ1v) is 6.24. The summed E-state index contributed by atoms with van der Waals surface area (Å²) in [7, 11) is 1.65. The highest BCUT2D eigenvalue weighted by Gasteiger charge is 2.17. The van der Waals surface area contributed by atoms with Crippen molar-refractivity contribution < 1.29 is 9.90 Å². The summed E-state index contributed by atoms with van der Waals surface area (Å²) in [6.45, 7) is 4.29. The van der Waals surface area contributed by atoms with Gasteiger partial charge in [0.25, 0.3) is 0 Å². The highest BCUT2D eigenvalue weighted by Crippen LogP contribution is 2.15. The second-order valence-electron chi connectivity index (χ2n) is 4.21. The Balaban J connectivity index is 2.60. The normalized spacial score (nSPS) is 13.0. The minimum atomic E-state index is -0.830. The fourth-order valence-electron chi connectivity index (χ4n) is 1.44. The van der Waals surface area contributed by atoms with Crippen molar-refractivity contribution in [2.24, 2.45) is 5.92 Å². The number of likely N-dealkylation sites (N-methyl/N-ethyl adjacent to an activating group) is 1. The van der Waals surface area contributed by atoms with Crippen molar-refractivity contribution in [1.29, 1.82) is 0 Å². The standard InChI is InChI=1S/C11H18N2O2S/c1-7(2)4-8-6-16-10(13-8)5-9(12-3)11(14)15/h6-7,9,12H,4-5H2,1-3H3,(H,14,15). The lowest BCUT2D eigenvalue weighted by molar-refractivity contribution is -0.139. The second-order valence-corrected chi connectivity index (χ2v) is 5.16. The molecule has 0 aliphatic heterocycles. The number of nitrogens with zero attached hydrogens (tertiary/aromatic N) is 1. The molecular formula is C11H18N2O2S. The van der Waals surface area contributed by atoms with Crippen molar-refractivity contribution in [2.45, 2.75) is 32.7 Å². The van der Waals surface area contributed by atoms with Gasteiger partial charge in [0.15, 0.2) is 0 Å². The Morgan fingerprint density at radius 2 is 2.25 bits per heavy atom. The number of nitrogens with one attached hydrogen (secondary N) is 1. The second kappa shape index (κ2) is 5.96. The van der Waals surface area contributed by atoms with E-state index in [4.69, 9.17) is 5.11 Å². The Morgan fingerprint density at radius 1 is 1.56 bits per heavy atom. The largest absolute Gasteiger partial charge is 0.480 e. The minimum absolute atomic E-state index is 0.453. The van der Waals surface area contributed by atoms with Gasteiger partial charge in [-0.25, -0.2) is 4.98 Å². The van der Waals surface area contributed by atoms with Crippen LogP contribution in [0.4, 0.5) is 0 Å². The van der Waals surface area contributed by atoms with Gasteiger partial charge in [-0.05, 0) is 19.4 Å². The Morgan fingerprint density at radius 3 is 2.75 bits per heavy atom. The summed E-state index contributed by atoms with van der Waals surface area (Å²) in [6, 6.07) is -0.543. The van der Waals surface area contributed by atoms with Crippen LogP contribution in [-0.4, -0.2) is 29.1 Å². The van der Waals surface area contributed by atoms with Crippen LogP contribution < -0.4 is 5.32 Å². The number of carbonyl (C=O) groups is 1. The summed E-state index contributed by atoms with van der Waals surface area (Å²) < 4.78 is 0. The van der Waals surface area contributed by atoms with Crippen LogP contribution in [0.3, 0.4) is 0 Å². The number of rotatable bonds is 6. The van der Waals surface area contributed by atoms with Crippen molar-refractivity contribution in [1.82, 2.24) is 10.3 Å². The minimum Gasteiger partial charge on any atom is -0.480 e. The number of hydrogen-bond donors (Lipinski definition) is 2. The zero-order valence-electron chi connectivity index (χ0n) is 9.86. The van der Waals surface area contributed by atoms with E-state index in [1.165, 1.54) is 11.3 Å². The SMILES string of the molecule is CNC(Cc1nc(CC(C)C)cs1)C(=O)O. The van der Waals surface area contributed by atoms with Crippen LogP contribution in [0.15, 0.2) is 5.38 Å². The van der Waals surface area contributed by atoms with Gasteiger partial charge in [0, 0.05) is 11.8 Å². The summed E-state index contributed by atoms with van der Waals surface area (Å²) in [6.07, 6.45) is 1.41. The molecule has 0 aliphatic rings. The Labute approximate surface area is 99.7 Å². The molecule has 2 N–H and O–H groups in total. The molecule has 0 bridgehead atoms. The molecular weight excluding hydrogens is 224 g/mol. The number of aliphatic carboxylic acids is 1. The molecule has 0 saturated carbocycles. The van der Waals surface area contributed by atoms with Crippen LogP contribution in [0.2, 0.25) is 0 Å². The molecule has 16 heavy (non-hydrogen) atoms. The van der Waals surface area contributed by atoms with Gasteiger partial charge in [-0.3, -0.25) is 4.79 Å². The first-order chi connectivity index (χ1) is 7.52.